The molecule has 0 aliphatic heterocycles. The van der Waals surface area contributed by atoms with Gasteiger partial charge in [0, 0.05) is 12.3 Å². The van der Waals surface area contributed by atoms with Crippen LogP contribution in [0.15, 0.2) is 66.3 Å². The lowest BCUT2D eigenvalue weighted by molar-refractivity contribution is 0.289. The maximum atomic E-state index is 5.86. The minimum atomic E-state index is 0.365. The van der Waals surface area contributed by atoms with E-state index in [0.29, 0.717) is 13.2 Å². The van der Waals surface area contributed by atoms with E-state index in [2.05, 4.69) is 29.8 Å². The number of nitrogens with zero attached hydrogens (tertiary/aromatic N) is 3. The standard InChI is InChI=1S/C21H23N3O2S/c1-4-12-24-20(14-26-18-10-8-16(2)9-11-18)22-23-21(24)27-15-17-6-5-7-19(13-17)25-3/h4-11,13H,1,12,14-15H2,2-3H3. The number of ether oxygens (including phenoxy) is 2. The van der Waals surface area contributed by atoms with E-state index in [0.717, 1.165) is 28.2 Å². The molecule has 140 valence electrons. The maximum absolute atomic E-state index is 5.86. The van der Waals surface area contributed by atoms with Crippen molar-refractivity contribution in [1.82, 2.24) is 14.8 Å². The summed E-state index contributed by atoms with van der Waals surface area (Å²) in [5, 5.41) is 9.49. The first-order valence-corrected chi connectivity index (χ1v) is 9.66. The molecule has 0 unspecified atom stereocenters. The van der Waals surface area contributed by atoms with Crippen molar-refractivity contribution in [3.63, 3.8) is 0 Å². The Morgan fingerprint density at radius 1 is 1.11 bits per heavy atom. The summed E-state index contributed by atoms with van der Waals surface area (Å²) in [5.74, 6) is 3.24. The number of hydrogen-bond acceptors (Lipinski definition) is 5. The molecule has 0 aliphatic rings. The first-order valence-electron chi connectivity index (χ1n) is 8.67. The minimum absolute atomic E-state index is 0.365. The molecular weight excluding hydrogens is 358 g/mol. The van der Waals surface area contributed by atoms with Crippen molar-refractivity contribution in [2.24, 2.45) is 0 Å². The Hall–Kier alpha value is -2.73. The number of benzene rings is 2. The third kappa shape index (κ3) is 5.14. The maximum Gasteiger partial charge on any atom is 0.191 e. The van der Waals surface area contributed by atoms with Crippen LogP contribution in [0.5, 0.6) is 11.5 Å². The van der Waals surface area contributed by atoms with E-state index < -0.39 is 0 Å². The molecule has 0 radical (unpaired) electrons. The predicted octanol–water partition coefficient (Wildman–Crippen LogP) is 4.65. The molecule has 0 N–H and O–H groups in total. The molecular formula is C21H23N3O2S. The number of rotatable bonds is 9. The average Bonchev–Trinajstić information content (AvgIpc) is 3.08. The van der Waals surface area contributed by atoms with Crippen LogP contribution >= 0.6 is 11.8 Å². The van der Waals surface area contributed by atoms with E-state index in [9.17, 15) is 0 Å². The van der Waals surface area contributed by atoms with Crippen molar-refractivity contribution in [3.8, 4) is 11.5 Å². The van der Waals surface area contributed by atoms with Crippen molar-refractivity contribution in [3.05, 3.63) is 78.1 Å². The molecule has 1 aromatic heterocycles. The zero-order chi connectivity index (χ0) is 19.1. The molecule has 2 aromatic carbocycles. The molecule has 27 heavy (non-hydrogen) atoms. The van der Waals surface area contributed by atoms with E-state index in [-0.39, 0.29) is 0 Å². The fraction of sp³-hybridized carbons (Fsp3) is 0.238. The summed E-state index contributed by atoms with van der Waals surface area (Å²) in [7, 11) is 1.67. The fourth-order valence-corrected chi connectivity index (χ4v) is 3.45. The molecule has 0 saturated heterocycles. The summed E-state index contributed by atoms with van der Waals surface area (Å²) in [6.45, 7) is 6.90. The van der Waals surface area contributed by atoms with Crippen LogP contribution in [0, 0.1) is 6.92 Å². The second kappa shape index (κ2) is 9.28. The Bertz CT molecular complexity index is 891. The van der Waals surface area contributed by atoms with Crippen LogP contribution in [0.1, 0.15) is 17.0 Å². The minimum Gasteiger partial charge on any atom is -0.497 e. The highest BCUT2D eigenvalue weighted by Gasteiger charge is 2.13. The second-order valence-electron chi connectivity index (χ2n) is 6.04. The number of thioether (sulfide) groups is 1. The normalized spacial score (nSPS) is 10.6. The Balaban J connectivity index is 1.68. The van der Waals surface area contributed by atoms with E-state index in [4.69, 9.17) is 9.47 Å². The smallest absolute Gasteiger partial charge is 0.191 e. The zero-order valence-electron chi connectivity index (χ0n) is 15.6. The van der Waals surface area contributed by atoms with Gasteiger partial charge in [-0.15, -0.1) is 16.8 Å². The fourth-order valence-electron chi connectivity index (χ4n) is 2.54. The highest BCUT2D eigenvalue weighted by molar-refractivity contribution is 7.98. The third-order valence-electron chi connectivity index (χ3n) is 4.00. The molecule has 6 heteroatoms. The molecule has 3 rings (SSSR count). The highest BCUT2D eigenvalue weighted by Crippen LogP contribution is 2.24. The van der Waals surface area contributed by atoms with Gasteiger partial charge >= 0.3 is 0 Å². The summed E-state index contributed by atoms with van der Waals surface area (Å²) in [6, 6.07) is 16.0. The molecule has 0 aliphatic carbocycles. The average molecular weight is 382 g/mol. The Labute approximate surface area is 164 Å². The van der Waals surface area contributed by atoms with Crippen LogP contribution in [0.2, 0.25) is 0 Å². The van der Waals surface area contributed by atoms with Crippen LogP contribution in [-0.2, 0) is 18.9 Å². The van der Waals surface area contributed by atoms with Gasteiger partial charge in [-0.2, -0.15) is 0 Å². The van der Waals surface area contributed by atoms with Crippen molar-refractivity contribution < 1.29 is 9.47 Å². The summed E-state index contributed by atoms with van der Waals surface area (Å²) in [6.07, 6.45) is 1.84. The molecule has 5 nitrogen and oxygen atoms in total. The quantitative estimate of drug-likeness (QED) is 0.399. The van der Waals surface area contributed by atoms with Gasteiger partial charge in [-0.25, -0.2) is 0 Å². The highest BCUT2D eigenvalue weighted by atomic mass is 32.2. The van der Waals surface area contributed by atoms with Crippen LogP contribution in [0.3, 0.4) is 0 Å². The topological polar surface area (TPSA) is 49.2 Å². The van der Waals surface area contributed by atoms with Gasteiger partial charge in [-0.3, -0.25) is 4.57 Å². The summed E-state index contributed by atoms with van der Waals surface area (Å²) < 4.78 is 13.2. The molecule has 0 amide bonds. The summed E-state index contributed by atoms with van der Waals surface area (Å²) >= 11 is 1.63. The van der Waals surface area contributed by atoms with Gasteiger partial charge in [0.05, 0.1) is 7.11 Å². The first kappa shape index (κ1) is 19.0. The molecule has 3 aromatic rings. The molecule has 0 saturated carbocycles. The third-order valence-corrected chi connectivity index (χ3v) is 5.03. The van der Waals surface area contributed by atoms with Crippen LogP contribution in [-0.4, -0.2) is 21.9 Å². The monoisotopic (exact) mass is 381 g/mol. The van der Waals surface area contributed by atoms with Crippen molar-refractivity contribution in [1.29, 1.82) is 0 Å². The van der Waals surface area contributed by atoms with Crippen LogP contribution in [0.25, 0.3) is 0 Å². The van der Waals surface area contributed by atoms with Gasteiger partial charge in [0.25, 0.3) is 0 Å². The SMILES string of the molecule is C=CCn1c(COc2ccc(C)cc2)nnc1SCc1cccc(OC)c1. The van der Waals surface area contributed by atoms with Gasteiger partial charge in [0.2, 0.25) is 0 Å². The zero-order valence-corrected chi connectivity index (χ0v) is 16.4. The molecule has 0 fully saturated rings. The van der Waals surface area contributed by atoms with Crippen molar-refractivity contribution >= 4 is 11.8 Å². The number of aryl methyl sites for hydroxylation is 1. The van der Waals surface area contributed by atoms with Gasteiger partial charge in [-0.1, -0.05) is 47.7 Å². The van der Waals surface area contributed by atoms with Crippen LogP contribution < -0.4 is 9.47 Å². The lowest BCUT2D eigenvalue weighted by Gasteiger charge is -2.09. The van der Waals surface area contributed by atoms with Gasteiger partial charge in [-0.05, 0) is 36.8 Å². The van der Waals surface area contributed by atoms with Gasteiger partial charge < -0.3 is 9.47 Å². The van der Waals surface area contributed by atoms with Gasteiger partial charge in [0.1, 0.15) is 18.1 Å². The lowest BCUT2D eigenvalue weighted by atomic mass is 10.2. The van der Waals surface area contributed by atoms with E-state index in [1.165, 1.54) is 11.1 Å². The molecule has 0 spiro atoms. The van der Waals surface area contributed by atoms with Crippen LogP contribution in [0.4, 0.5) is 0 Å². The molecule has 0 atom stereocenters. The number of hydrogen-bond donors (Lipinski definition) is 0. The molecule has 0 bridgehead atoms. The number of aromatic nitrogens is 3. The Kier molecular flexibility index (Phi) is 6.54. The van der Waals surface area contributed by atoms with Gasteiger partial charge in [0.15, 0.2) is 11.0 Å². The summed E-state index contributed by atoms with van der Waals surface area (Å²) in [4.78, 5) is 0. The lowest BCUT2D eigenvalue weighted by Crippen LogP contribution is -2.07. The van der Waals surface area contributed by atoms with Crippen molar-refractivity contribution in [2.45, 2.75) is 31.0 Å². The first-order chi connectivity index (χ1) is 13.2. The van der Waals surface area contributed by atoms with E-state index in [1.807, 2.05) is 53.1 Å². The largest absolute Gasteiger partial charge is 0.497 e. The number of allylic oxidation sites excluding steroid dienone is 1. The molecule has 1 heterocycles. The Morgan fingerprint density at radius 3 is 2.67 bits per heavy atom. The Morgan fingerprint density at radius 2 is 1.93 bits per heavy atom. The second-order valence-corrected chi connectivity index (χ2v) is 6.98. The van der Waals surface area contributed by atoms with E-state index >= 15 is 0 Å². The number of methoxy groups -OCH3 is 1. The van der Waals surface area contributed by atoms with E-state index in [1.54, 1.807) is 18.9 Å². The predicted molar refractivity (Wildman–Crippen MR) is 108 cm³/mol. The van der Waals surface area contributed by atoms with Crippen molar-refractivity contribution in [2.75, 3.05) is 7.11 Å². The summed E-state index contributed by atoms with van der Waals surface area (Å²) in [5.41, 5.74) is 2.37.